The second-order valence-electron chi connectivity index (χ2n) is 5.37. The monoisotopic (exact) mass is 376 g/mol. The number of carboxylic acids is 1. The lowest BCUT2D eigenvalue weighted by Gasteiger charge is -2.14. The molecule has 0 aliphatic rings. The van der Waals surface area contributed by atoms with E-state index in [0.717, 1.165) is 0 Å². The maximum absolute atomic E-state index is 12.8. The van der Waals surface area contributed by atoms with Gasteiger partial charge in [0.25, 0.3) is 11.5 Å². The fraction of sp³-hybridized carbons (Fsp3) is 0.125. The van der Waals surface area contributed by atoms with Crippen LogP contribution in [0.1, 0.15) is 16.1 Å². The average Bonchev–Trinajstić information content (AvgIpc) is 3.00. The second-order valence-corrected chi connectivity index (χ2v) is 5.81. The molecule has 0 aliphatic carbocycles. The molecule has 3 heterocycles. The van der Waals surface area contributed by atoms with Gasteiger partial charge in [0.05, 0.1) is 17.3 Å². The first-order valence-electron chi connectivity index (χ1n) is 7.42. The molecule has 0 fully saturated rings. The van der Waals surface area contributed by atoms with Gasteiger partial charge in [0.1, 0.15) is 17.6 Å². The number of fused-ring (bicyclic) bond motifs is 1. The Morgan fingerprint density at radius 1 is 1.31 bits per heavy atom. The van der Waals surface area contributed by atoms with Gasteiger partial charge in [-0.25, -0.2) is 4.68 Å². The number of hydrogen-bond acceptors (Lipinski definition) is 5. The highest BCUT2D eigenvalue weighted by Gasteiger charge is 2.23. The number of hydrogen-bond donors (Lipinski definition) is 3. The quantitative estimate of drug-likeness (QED) is 0.602. The number of aromatic nitrogens is 3. The van der Waals surface area contributed by atoms with Crippen LogP contribution in [0.15, 0.2) is 41.5 Å². The van der Waals surface area contributed by atoms with E-state index in [2.05, 4.69) is 10.3 Å². The van der Waals surface area contributed by atoms with E-state index in [1.165, 1.54) is 21.5 Å². The third kappa shape index (κ3) is 3.24. The Morgan fingerprint density at radius 3 is 2.73 bits per heavy atom. The number of aromatic hydroxyl groups is 1. The molecule has 0 unspecified atom stereocenters. The van der Waals surface area contributed by atoms with Gasteiger partial charge in [-0.1, -0.05) is 17.7 Å². The van der Waals surface area contributed by atoms with Crippen molar-refractivity contribution in [3.05, 3.63) is 63.3 Å². The van der Waals surface area contributed by atoms with Gasteiger partial charge in [0, 0.05) is 12.4 Å². The number of nitrogens with one attached hydrogen (secondary N) is 1. The largest absolute Gasteiger partial charge is 0.505 e. The van der Waals surface area contributed by atoms with E-state index in [1.54, 1.807) is 24.4 Å². The Kier molecular flexibility index (Phi) is 4.63. The summed E-state index contributed by atoms with van der Waals surface area (Å²) >= 11 is 5.98. The summed E-state index contributed by atoms with van der Waals surface area (Å²) in [7, 11) is 0. The smallest absolute Gasteiger partial charge is 0.322 e. The summed E-state index contributed by atoms with van der Waals surface area (Å²) in [6, 6.07) is 6.55. The maximum atomic E-state index is 12.8. The molecule has 0 saturated carbocycles. The highest BCUT2D eigenvalue weighted by molar-refractivity contribution is 6.31. The summed E-state index contributed by atoms with van der Waals surface area (Å²) in [6.07, 6.45) is 2.97. The Bertz CT molecular complexity index is 1060. The number of halogens is 1. The van der Waals surface area contributed by atoms with Crippen molar-refractivity contribution in [3.8, 4) is 5.75 Å². The summed E-state index contributed by atoms with van der Waals surface area (Å²) < 4.78 is 2.50. The van der Waals surface area contributed by atoms with E-state index < -0.39 is 35.3 Å². The Hall–Kier alpha value is -3.33. The van der Waals surface area contributed by atoms with Crippen molar-refractivity contribution in [1.82, 2.24) is 19.5 Å². The van der Waals surface area contributed by atoms with Crippen molar-refractivity contribution in [2.75, 3.05) is 6.54 Å². The third-order valence-electron chi connectivity index (χ3n) is 3.62. The number of rotatable bonds is 5. The van der Waals surface area contributed by atoms with Crippen LogP contribution in [0.4, 0.5) is 0 Å². The maximum Gasteiger partial charge on any atom is 0.322 e. The number of aliphatic carboxylic acids is 1. The van der Waals surface area contributed by atoms with E-state index in [4.69, 9.17) is 16.7 Å². The van der Waals surface area contributed by atoms with Crippen LogP contribution in [0.5, 0.6) is 5.75 Å². The molecule has 3 aromatic heterocycles. The zero-order valence-corrected chi connectivity index (χ0v) is 14.0. The fourth-order valence-corrected chi connectivity index (χ4v) is 2.69. The van der Waals surface area contributed by atoms with E-state index in [-0.39, 0.29) is 17.1 Å². The van der Waals surface area contributed by atoms with Crippen LogP contribution >= 0.6 is 11.6 Å². The molecule has 1 amide bonds. The first kappa shape index (κ1) is 17.5. The predicted molar refractivity (Wildman–Crippen MR) is 91.6 cm³/mol. The molecule has 26 heavy (non-hydrogen) atoms. The average molecular weight is 377 g/mol. The highest BCUT2D eigenvalue weighted by Crippen LogP contribution is 2.25. The van der Waals surface area contributed by atoms with Gasteiger partial charge in [-0.15, -0.1) is 0 Å². The summed E-state index contributed by atoms with van der Waals surface area (Å²) in [5.41, 5.74) is -0.699. The summed E-state index contributed by atoms with van der Waals surface area (Å²) in [5.74, 6) is -2.86. The molecule has 0 spiro atoms. The lowest BCUT2D eigenvalue weighted by molar-refractivity contribution is -0.135. The van der Waals surface area contributed by atoms with E-state index >= 15 is 0 Å². The minimum absolute atomic E-state index is 0.0146. The number of carboxylic acid groups (broad SMARTS) is 1. The van der Waals surface area contributed by atoms with Gasteiger partial charge in [-0.2, -0.15) is 0 Å². The summed E-state index contributed by atoms with van der Waals surface area (Å²) in [6.45, 7) is -0.675. The minimum Gasteiger partial charge on any atom is -0.505 e. The zero-order chi connectivity index (χ0) is 18.8. The normalized spacial score (nSPS) is 10.8. The first-order valence-corrected chi connectivity index (χ1v) is 7.80. The van der Waals surface area contributed by atoms with E-state index in [1.807, 2.05) is 0 Å². The van der Waals surface area contributed by atoms with Gasteiger partial charge in [-0.3, -0.25) is 23.9 Å². The van der Waals surface area contributed by atoms with Crippen molar-refractivity contribution in [2.24, 2.45) is 0 Å². The Balaban J connectivity index is 2.18. The molecule has 0 aromatic carbocycles. The molecule has 3 rings (SSSR count). The Morgan fingerprint density at radius 2 is 2.08 bits per heavy atom. The van der Waals surface area contributed by atoms with Gasteiger partial charge >= 0.3 is 5.97 Å². The molecule has 134 valence electrons. The van der Waals surface area contributed by atoms with Crippen molar-refractivity contribution < 1.29 is 19.8 Å². The van der Waals surface area contributed by atoms with E-state index in [9.17, 15) is 19.5 Å². The van der Waals surface area contributed by atoms with Crippen LogP contribution in [-0.2, 0) is 11.3 Å². The van der Waals surface area contributed by atoms with Crippen LogP contribution in [0.25, 0.3) is 5.52 Å². The first-order chi connectivity index (χ1) is 12.4. The molecule has 0 aliphatic heterocycles. The minimum atomic E-state index is -1.28. The number of amides is 1. The lowest BCUT2D eigenvalue weighted by atomic mass is 10.2. The Labute approximate surface area is 151 Å². The standard InChI is InChI=1S/C16H13ClN4O5/c17-9-5-11-14(24)13(15(25)19-6-12(22)23)16(26)21(20(11)7-9)8-10-3-1-2-4-18-10/h1-5,7,24H,6,8H2,(H,19,25)(H,22,23). The van der Waals surface area contributed by atoms with Gasteiger partial charge in [0.15, 0.2) is 5.75 Å². The number of carbonyl (C=O) groups is 2. The molecule has 0 radical (unpaired) electrons. The van der Waals surface area contributed by atoms with Gasteiger partial charge < -0.3 is 15.5 Å². The van der Waals surface area contributed by atoms with Crippen LogP contribution < -0.4 is 10.9 Å². The molecule has 0 bridgehead atoms. The van der Waals surface area contributed by atoms with Crippen LogP contribution in [0.2, 0.25) is 5.02 Å². The molecular weight excluding hydrogens is 364 g/mol. The van der Waals surface area contributed by atoms with Crippen molar-refractivity contribution in [1.29, 1.82) is 0 Å². The highest BCUT2D eigenvalue weighted by atomic mass is 35.5. The molecule has 9 nitrogen and oxygen atoms in total. The predicted octanol–water partition coefficient (Wildman–Crippen LogP) is 0.718. The van der Waals surface area contributed by atoms with Crippen LogP contribution in [0.3, 0.4) is 0 Å². The number of pyridine rings is 1. The van der Waals surface area contributed by atoms with Gasteiger partial charge in [-0.05, 0) is 18.2 Å². The molecule has 0 saturated heterocycles. The van der Waals surface area contributed by atoms with Crippen molar-refractivity contribution in [2.45, 2.75) is 6.54 Å². The molecule has 0 atom stereocenters. The molecule has 10 heteroatoms. The van der Waals surface area contributed by atoms with Crippen LogP contribution in [0, 0.1) is 0 Å². The number of nitrogens with zero attached hydrogens (tertiary/aromatic N) is 3. The fourth-order valence-electron chi connectivity index (χ4n) is 2.50. The second kappa shape index (κ2) is 6.89. The molecule has 3 aromatic rings. The lowest BCUT2D eigenvalue weighted by Crippen LogP contribution is -2.37. The topological polar surface area (TPSA) is 126 Å². The summed E-state index contributed by atoms with van der Waals surface area (Å²) in [4.78, 5) is 39.8. The summed E-state index contributed by atoms with van der Waals surface area (Å²) in [5, 5.41) is 21.4. The van der Waals surface area contributed by atoms with Crippen molar-refractivity contribution >= 4 is 29.0 Å². The zero-order valence-electron chi connectivity index (χ0n) is 13.2. The SMILES string of the molecule is O=C(O)CNC(=O)c1c(O)c2cc(Cl)cn2n(Cc2ccccn2)c1=O. The third-order valence-corrected chi connectivity index (χ3v) is 3.83. The van der Waals surface area contributed by atoms with Gasteiger partial charge in [0.2, 0.25) is 0 Å². The number of carbonyl (C=O) groups excluding carboxylic acids is 1. The molecular formula is C16H13ClN4O5. The van der Waals surface area contributed by atoms with E-state index in [0.29, 0.717) is 5.69 Å². The van der Waals surface area contributed by atoms with Crippen LogP contribution in [-0.4, -0.2) is 42.8 Å². The molecule has 3 N–H and O–H groups in total. The van der Waals surface area contributed by atoms with Crippen molar-refractivity contribution in [3.63, 3.8) is 0 Å².